The fourth-order valence-electron chi connectivity index (χ4n) is 5.22. The van der Waals surface area contributed by atoms with E-state index >= 15 is 0 Å². The summed E-state index contributed by atoms with van der Waals surface area (Å²) in [4.78, 5) is 48.6. The van der Waals surface area contributed by atoms with Gasteiger partial charge in [-0.3, -0.25) is 19.2 Å². The van der Waals surface area contributed by atoms with Crippen LogP contribution in [0.2, 0.25) is 0 Å². The molecule has 0 saturated carbocycles. The summed E-state index contributed by atoms with van der Waals surface area (Å²) in [7, 11) is 0. The molecule has 0 spiro atoms. The summed E-state index contributed by atoms with van der Waals surface area (Å²) in [6.45, 7) is 4.40. The second kappa shape index (κ2) is 14.1. The fraction of sp³-hybridized carbons (Fsp3) is 0.333. The summed E-state index contributed by atoms with van der Waals surface area (Å²) in [6, 6.07) is 28.7. The van der Waals surface area contributed by atoms with Gasteiger partial charge in [0.1, 0.15) is 11.7 Å². The van der Waals surface area contributed by atoms with Gasteiger partial charge in [-0.25, -0.2) is 0 Å². The second-order valence-corrected chi connectivity index (χ2v) is 9.96. The van der Waals surface area contributed by atoms with Crippen LogP contribution in [0.25, 0.3) is 0 Å². The van der Waals surface area contributed by atoms with Gasteiger partial charge in [0, 0.05) is 27.7 Å². The lowest BCUT2D eigenvalue weighted by Gasteiger charge is -2.45. The number of ether oxygens (including phenoxy) is 6. The molecule has 10 nitrogen and oxygen atoms in total. The third-order valence-corrected chi connectivity index (χ3v) is 6.78. The Bertz CT molecular complexity index is 1300. The number of carbonyl (C=O) groups is 4. The van der Waals surface area contributed by atoms with Crippen LogP contribution in [0.1, 0.15) is 44.4 Å². The summed E-state index contributed by atoms with van der Waals surface area (Å²) in [5.74, 6) is -2.93. The molecular weight excluding hydrogens is 556 g/mol. The van der Waals surface area contributed by atoms with Crippen LogP contribution in [0.5, 0.6) is 0 Å². The molecule has 4 rings (SSSR count). The smallest absolute Gasteiger partial charge is 0.305 e. The Morgan fingerprint density at radius 1 is 0.558 bits per heavy atom. The third-order valence-electron chi connectivity index (χ3n) is 6.78. The highest BCUT2D eigenvalue weighted by atomic mass is 16.7. The quantitative estimate of drug-likeness (QED) is 0.194. The Labute approximate surface area is 249 Å². The Balaban J connectivity index is 1.83. The molecule has 0 N–H and O–H groups in total. The zero-order chi connectivity index (χ0) is 31.0. The monoisotopic (exact) mass is 590 g/mol. The number of hydrogen-bond donors (Lipinski definition) is 0. The standard InChI is InChI=1S/C33H34O10/c1-21(34)39-29-28(43-32(42-24(4)37)31(41-23(3)36)30(29)40-22(2)35)20-38-33(25-14-8-5-9-15-25,26-16-10-6-11-17-26)27-18-12-7-13-19-27/h5-19,28-32H,20H2,1-4H3/t28-,29-,30+,31-,32-/m1/s1. The molecule has 0 aromatic heterocycles. The number of rotatable bonds is 10. The first-order valence-corrected chi connectivity index (χ1v) is 13.8. The maximum Gasteiger partial charge on any atom is 0.305 e. The van der Waals surface area contributed by atoms with Crippen molar-refractivity contribution in [3.8, 4) is 0 Å². The van der Waals surface area contributed by atoms with Gasteiger partial charge in [-0.15, -0.1) is 0 Å². The highest BCUT2D eigenvalue weighted by Gasteiger charge is 2.54. The zero-order valence-corrected chi connectivity index (χ0v) is 24.3. The van der Waals surface area contributed by atoms with E-state index in [9.17, 15) is 19.2 Å². The normalized spacial score (nSPS) is 21.7. The summed E-state index contributed by atoms with van der Waals surface area (Å²) in [5.41, 5.74) is 1.24. The summed E-state index contributed by atoms with van der Waals surface area (Å²) in [6.07, 6.45) is -6.73. The molecule has 0 bridgehead atoms. The van der Waals surface area contributed by atoms with Crippen LogP contribution in [0.15, 0.2) is 91.0 Å². The third kappa shape index (κ3) is 7.46. The summed E-state index contributed by atoms with van der Waals surface area (Å²) < 4.78 is 34.9. The molecule has 1 aliphatic heterocycles. The first-order chi connectivity index (χ1) is 20.6. The first-order valence-electron chi connectivity index (χ1n) is 13.8. The van der Waals surface area contributed by atoms with Crippen LogP contribution >= 0.6 is 0 Å². The van der Waals surface area contributed by atoms with Gasteiger partial charge in [-0.1, -0.05) is 91.0 Å². The van der Waals surface area contributed by atoms with Gasteiger partial charge in [0.25, 0.3) is 0 Å². The van der Waals surface area contributed by atoms with E-state index in [1.807, 2.05) is 91.0 Å². The van der Waals surface area contributed by atoms with Crippen LogP contribution in [-0.4, -0.2) is 61.2 Å². The molecular formula is C33H34O10. The van der Waals surface area contributed by atoms with Gasteiger partial charge in [-0.05, 0) is 16.7 Å². The average molecular weight is 591 g/mol. The van der Waals surface area contributed by atoms with E-state index < -0.39 is 60.2 Å². The number of hydrogen-bond acceptors (Lipinski definition) is 10. The number of esters is 4. The Hall–Kier alpha value is -4.54. The molecule has 1 fully saturated rings. The van der Waals surface area contributed by atoms with Crippen molar-refractivity contribution in [1.29, 1.82) is 0 Å². The molecule has 0 amide bonds. The van der Waals surface area contributed by atoms with Crippen LogP contribution in [-0.2, 0) is 53.2 Å². The summed E-state index contributed by atoms with van der Waals surface area (Å²) >= 11 is 0. The molecule has 3 aromatic rings. The van der Waals surface area contributed by atoms with Gasteiger partial charge in [0.05, 0.1) is 6.61 Å². The molecule has 0 radical (unpaired) electrons. The highest BCUT2D eigenvalue weighted by molar-refractivity contribution is 5.69. The van der Waals surface area contributed by atoms with Crippen LogP contribution in [0.4, 0.5) is 0 Å². The molecule has 43 heavy (non-hydrogen) atoms. The summed E-state index contributed by atoms with van der Waals surface area (Å²) in [5, 5.41) is 0. The largest absolute Gasteiger partial charge is 0.456 e. The minimum Gasteiger partial charge on any atom is -0.456 e. The Morgan fingerprint density at radius 3 is 1.33 bits per heavy atom. The second-order valence-electron chi connectivity index (χ2n) is 9.96. The Morgan fingerprint density at radius 2 is 0.930 bits per heavy atom. The lowest BCUT2D eigenvalue weighted by molar-refractivity contribution is -0.303. The van der Waals surface area contributed by atoms with E-state index in [4.69, 9.17) is 28.4 Å². The number of carbonyl (C=O) groups excluding carboxylic acids is 4. The maximum atomic E-state index is 12.3. The Kier molecular flexibility index (Phi) is 10.3. The molecule has 5 atom stereocenters. The topological polar surface area (TPSA) is 124 Å². The fourth-order valence-corrected chi connectivity index (χ4v) is 5.22. The van der Waals surface area contributed by atoms with Crippen molar-refractivity contribution in [3.63, 3.8) is 0 Å². The van der Waals surface area contributed by atoms with Gasteiger partial charge >= 0.3 is 23.9 Å². The molecule has 0 aliphatic carbocycles. The number of benzene rings is 3. The van der Waals surface area contributed by atoms with E-state index in [0.29, 0.717) is 0 Å². The van der Waals surface area contributed by atoms with Crippen LogP contribution in [0, 0.1) is 0 Å². The van der Waals surface area contributed by atoms with Crippen LogP contribution < -0.4 is 0 Å². The van der Waals surface area contributed by atoms with Gasteiger partial charge in [-0.2, -0.15) is 0 Å². The highest BCUT2D eigenvalue weighted by Crippen LogP contribution is 2.41. The average Bonchev–Trinajstić information content (AvgIpc) is 2.97. The van der Waals surface area contributed by atoms with Crippen molar-refractivity contribution in [1.82, 2.24) is 0 Å². The van der Waals surface area contributed by atoms with E-state index in [0.717, 1.165) is 37.5 Å². The van der Waals surface area contributed by atoms with Gasteiger partial charge in [0.2, 0.25) is 12.4 Å². The molecule has 1 saturated heterocycles. The molecule has 1 heterocycles. The lowest BCUT2D eigenvalue weighted by Crippen LogP contribution is -2.63. The van der Waals surface area contributed by atoms with E-state index in [1.54, 1.807) is 0 Å². The van der Waals surface area contributed by atoms with Crippen molar-refractivity contribution in [3.05, 3.63) is 108 Å². The van der Waals surface area contributed by atoms with Crippen molar-refractivity contribution in [2.75, 3.05) is 6.61 Å². The predicted octanol–water partition coefficient (Wildman–Crippen LogP) is 4.08. The zero-order valence-electron chi connectivity index (χ0n) is 24.3. The van der Waals surface area contributed by atoms with E-state index in [2.05, 4.69) is 0 Å². The minimum atomic E-state index is -1.49. The maximum absolute atomic E-state index is 12.3. The van der Waals surface area contributed by atoms with Crippen molar-refractivity contribution in [2.45, 2.75) is 64.0 Å². The first kappa shape index (κ1) is 31.4. The van der Waals surface area contributed by atoms with Crippen molar-refractivity contribution in [2.24, 2.45) is 0 Å². The minimum absolute atomic E-state index is 0.237. The van der Waals surface area contributed by atoms with E-state index in [1.165, 1.54) is 6.92 Å². The SMILES string of the molecule is CC(=O)O[C@@H]1O[C@H](COC(c2ccccc2)(c2ccccc2)c2ccccc2)[C@@H](OC(C)=O)[C@H](OC(C)=O)[C@H]1OC(C)=O. The molecule has 1 aliphatic rings. The predicted molar refractivity (Wildman–Crippen MR) is 152 cm³/mol. The molecule has 0 unspecified atom stereocenters. The van der Waals surface area contributed by atoms with Gasteiger partial charge in [0.15, 0.2) is 12.2 Å². The van der Waals surface area contributed by atoms with Gasteiger partial charge < -0.3 is 28.4 Å². The van der Waals surface area contributed by atoms with Crippen molar-refractivity contribution < 1.29 is 47.6 Å². The van der Waals surface area contributed by atoms with Crippen LogP contribution in [0.3, 0.4) is 0 Å². The molecule has 3 aromatic carbocycles. The molecule has 10 heteroatoms. The lowest BCUT2D eigenvalue weighted by atomic mass is 9.80. The van der Waals surface area contributed by atoms with E-state index in [-0.39, 0.29) is 6.61 Å². The van der Waals surface area contributed by atoms with Crippen molar-refractivity contribution >= 4 is 23.9 Å². The molecule has 226 valence electrons.